The number of fused-ring (bicyclic) bond motifs is 1. The minimum absolute atomic E-state index is 0.0443. The molecular formula is C20H23NO3. The summed E-state index contributed by atoms with van der Waals surface area (Å²) < 4.78 is 11.8. The van der Waals surface area contributed by atoms with Crippen LogP contribution in [-0.4, -0.2) is 42.4 Å². The number of hydrogen-bond donors (Lipinski definition) is 1. The number of nitrogens with zero attached hydrogens (tertiary/aromatic N) is 1. The van der Waals surface area contributed by atoms with E-state index in [1.807, 2.05) is 54.6 Å². The van der Waals surface area contributed by atoms with Gasteiger partial charge >= 0.3 is 0 Å². The highest BCUT2D eigenvalue weighted by Gasteiger charge is 2.35. The first-order valence-corrected chi connectivity index (χ1v) is 8.62. The summed E-state index contributed by atoms with van der Waals surface area (Å²) >= 11 is 0. The van der Waals surface area contributed by atoms with Crippen molar-refractivity contribution in [2.75, 3.05) is 26.2 Å². The molecule has 1 N–H and O–H groups in total. The first-order chi connectivity index (χ1) is 11.7. The Morgan fingerprint density at radius 2 is 1.62 bits per heavy atom. The Bertz CT molecular complexity index is 680. The third kappa shape index (κ3) is 3.12. The lowest BCUT2D eigenvalue weighted by Crippen LogP contribution is -2.47. The van der Waals surface area contributed by atoms with Crippen molar-refractivity contribution < 1.29 is 14.6 Å². The van der Waals surface area contributed by atoms with Crippen LogP contribution in [0.2, 0.25) is 0 Å². The molecule has 1 fully saturated rings. The largest absolute Gasteiger partial charge is 0.486 e. The molecule has 1 unspecified atom stereocenters. The van der Waals surface area contributed by atoms with Crippen molar-refractivity contribution in [1.82, 2.24) is 4.90 Å². The molecule has 2 aromatic carbocycles. The van der Waals surface area contributed by atoms with Crippen molar-refractivity contribution >= 4 is 0 Å². The zero-order valence-electron chi connectivity index (χ0n) is 13.7. The van der Waals surface area contributed by atoms with Gasteiger partial charge in [0.25, 0.3) is 0 Å². The molecular weight excluding hydrogens is 302 g/mol. The lowest BCUT2D eigenvalue weighted by molar-refractivity contribution is -0.0373. The highest BCUT2D eigenvalue weighted by molar-refractivity contribution is 5.40. The van der Waals surface area contributed by atoms with Gasteiger partial charge in [0.05, 0.1) is 5.60 Å². The second kappa shape index (κ2) is 6.46. The number of aliphatic hydroxyl groups is 1. The van der Waals surface area contributed by atoms with Crippen molar-refractivity contribution in [1.29, 1.82) is 0 Å². The normalized spacial score (nSPS) is 23.0. The maximum absolute atomic E-state index is 10.9. The fraction of sp³-hybridized carbons (Fsp3) is 0.400. The predicted molar refractivity (Wildman–Crippen MR) is 92.4 cm³/mol. The van der Waals surface area contributed by atoms with Crippen LogP contribution in [0.1, 0.15) is 18.4 Å². The summed E-state index contributed by atoms with van der Waals surface area (Å²) in [7, 11) is 0. The summed E-state index contributed by atoms with van der Waals surface area (Å²) in [4.78, 5) is 2.36. The van der Waals surface area contributed by atoms with Gasteiger partial charge in [0.2, 0.25) is 0 Å². The molecule has 0 saturated carbocycles. The van der Waals surface area contributed by atoms with Crippen LogP contribution >= 0.6 is 0 Å². The van der Waals surface area contributed by atoms with E-state index in [1.165, 1.54) is 0 Å². The number of para-hydroxylation sites is 2. The van der Waals surface area contributed by atoms with Crippen LogP contribution in [0.3, 0.4) is 0 Å². The molecule has 2 heterocycles. The van der Waals surface area contributed by atoms with E-state index in [9.17, 15) is 5.11 Å². The molecule has 1 saturated heterocycles. The van der Waals surface area contributed by atoms with Crippen LogP contribution in [0.4, 0.5) is 0 Å². The smallest absolute Gasteiger partial charge is 0.161 e. The second-order valence-corrected chi connectivity index (χ2v) is 6.70. The Kier molecular flexibility index (Phi) is 4.17. The van der Waals surface area contributed by atoms with E-state index in [1.54, 1.807) is 0 Å². The summed E-state index contributed by atoms with van der Waals surface area (Å²) in [5, 5.41) is 10.9. The van der Waals surface area contributed by atoms with Crippen LogP contribution in [0.15, 0.2) is 54.6 Å². The Morgan fingerprint density at radius 1 is 0.958 bits per heavy atom. The maximum atomic E-state index is 10.9. The standard InChI is InChI=1S/C20H23NO3/c22-20(16-6-2-1-3-7-16)10-12-21(13-11-20)14-17-15-23-18-8-4-5-9-19(18)24-17/h1-9,17,22H,10-15H2. The van der Waals surface area contributed by atoms with Crippen molar-refractivity contribution in [3.05, 3.63) is 60.2 Å². The van der Waals surface area contributed by atoms with Gasteiger partial charge in [-0.15, -0.1) is 0 Å². The minimum Gasteiger partial charge on any atom is -0.486 e. The van der Waals surface area contributed by atoms with E-state index >= 15 is 0 Å². The minimum atomic E-state index is -0.700. The van der Waals surface area contributed by atoms with Gasteiger partial charge in [-0.3, -0.25) is 4.90 Å². The number of rotatable bonds is 3. The van der Waals surface area contributed by atoms with Gasteiger partial charge in [-0.2, -0.15) is 0 Å². The zero-order valence-corrected chi connectivity index (χ0v) is 13.7. The summed E-state index contributed by atoms with van der Waals surface area (Å²) in [6, 6.07) is 17.8. The van der Waals surface area contributed by atoms with Gasteiger partial charge < -0.3 is 14.6 Å². The van der Waals surface area contributed by atoms with Crippen molar-refractivity contribution in [2.45, 2.75) is 24.5 Å². The molecule has 1 atom stereocenters. The van der Waals surface area contributed by atoms with Gasteiger partial charge in [-0.05, 0) is 30.5 Å². The van der Waals surface area contributed by atoms with E-state index in [-0.39, 0.29) is 6.10 Å². The number of hydrogen-bond acceptors (Lipinski definition) is 4. The van der Waals surface area contributed by atoms with E-state index < -0.39 is 5.60 Å². The van der Waals surface area contributed by atoms with Crippen LogP contribution in [0.25, 0.3) is 0 Å². The van der Waals surface area contributed by atoms with Gasteiger partial charge in [0.15, 0.2) is 11.5 Å². The molecule has 4 rings (SSSR count). The maximum Gasteiger partial charge on any atom is 0.161 e. The van der Waals surface area contributed by atoms with Crippen molar-refractivity contribution in [2.24, 2.45) is 0 Å². The molecule has 126 valence electrons. The Hall–Kier alpha value is -2.04. The van der Waals surface area contributed by atoms with E-state index in [0.717, 1.165) is 49.5 Å². The number of likely N-dealkylation sites (tertiary alicyclic amines) is 1. The predicted octanol–water partition coefficient (Wildman–Crippen LogP) is 2.81. The average Bonchev–Trinajstić information content (AvgIpc) is 2.64. The van der Waals surface area contributed by atoms with Crippen LogP contribution in [-0.2, 0) is 5.60 Å². The average molecular weight is 325 g/mol. The molecule has 2 aliphatic heterocycles. The Balaban J connectivity index is 1.34. The molecule has 2 aliphatic rings. The summed E-state index contributed by atoms with van der Waals surface area (Å²) in [5.74, 6) is 1.65. The summed E-state index contributed by atoms with van der Waals surface area (Å²) in [5.41, 5.74) is 0.324. The lowest BCUT2D eigenvalue weighted by Gasteiger charge is -2.40. The third-order valence-electron chi connectivity index (χ3n) is 5.02. The topological polar surface area (TPSA) is 41.9 Å². The Morgan fingerprint density at radius 3 is 2.38 bits per heavy atom. The number of ether oxygens (including phenoxy) is 2. The zero-order chi connectivity index (χ0) is 16.4. The SMILES string of the molecule is OC1(c2ccccc2)CCN(CC2COc3ccccc3O2)CC1. The first kappa shape index (κ1) is 15.5. The molecule has 0 aromatic heterocycles. The van der Waals surface area contributed by atoms with Crippen LogP contribution in [0.5, 0.6) is 11.5 Å². The molecule has 24 heavy (non-hydrogen) atoms. The number of benzene rings is 2. The van der Waals surface area contributed by atoms with Crippen LogP contribution in [0, 0.1) is 0 Å². The second-order valence-electron chi connectivity index (χ2n) is 6.70. The lowest BCUT2D eigenvalue weighted by atomic mass is 9.84. The Labute approximate surface area is 142 Å². The van der Waals surface area contributed by atoms with E-state index in [2.05, 4.69) is 4.90 Å². The summed E-state index contributed by atoms with van der Waals surface area (Å²) in [6.45, 7) is 3.15. The molecule has 0 amide bonds. The highest BCUT2D eigenvalue weighted by atomic mass is 16.6. The fourth-order valence-corrected chi connectivity index (χ4v) is 3.58. The van der Waals surface area contributed by atoms with Crippen molar-refractivity contribution in [3.63, 3.8) is 0 Å². The third-order valence-corrected chi connectivity index (χ3v) is 5.02. The van der Waals surface area contributed by atoms with E-state index in [4.69, 9.17) is 9.47 Å². The van der Waals surface area contributed by atoms with Crippen LogP contribution < -0.4 is 9.47 Å². The molecule has 0 radical (unpaired) electrons. The molecule has 0 spiro atoms. The molecule has 4 heteroatoms. The number of piperidine rings is 1. The quantitative estimate of drug-likeness (QED) is 0.942. The van der Waals surface area contributed by atoms with Gasteiger partial charge in [-0.1, -0.05) is 42.5 Å². The van der Waals surface area contributed by atoms with E-state index in [0.29, 0.717) is 6.61 Å². The van der Waals surface area contributed by atoms with Gasteiger partial charge in [0.1, 0.15) is 12.7 Å². The van der Waals surface area contributed by atoms with Gasteiger partial charge in [0, 0.05) is 19.6 Å². The highest BCUT2D eigenvalue weighted by Crippen LogP contribution is 2.34. The van der Waals surface area contributed by atoms with Gasteiger partial charge in [-0.25, -0.2) is 0 Å². The molecule has 0 bridgehead atoms. The molecule has 2 aromatic rings. The fourth-order valence-electron chi connectivity index (χ4n) is 3.58. The van der Waals surface area contributed by atoms with Crippen molar-refractivity contribution in [3.8, 4) is 11.5 Å². The molecule has 4 nitrogen and oxygen atoms in total. The monoisotopic (exact) mass is 325 g/mol. The molecule has 0 aliphatic carbocycles. The summed E-state index contributed by atoms with van der Waals surface area (Å²) in [6.07, 6.45) is 1.55. The first-order valence-electron chi connectivity index (χ1n) is 8.62.